The number of para-hydroxylation sites is 1. The molecule has 0 bridgehead atoms. The molecule has 0 spiro atoms. The summed E-state index contributed by atoms with van der Waals surface area (Å²) < 4.78 is 7.84. The summed E-state index contributed by atoms with van der Waals surface area (Å²) in [5, 5.41) is 9.60. The third-order valence-corrected chi connectivity index (χ3v) is 4.94. The van der Waals surface area contributed by atoms with E-state index in [1.165, 1.54) is 0 Å². The van der Waals surface area contributed by atoms with Crippen molar-refractivity contribution in [2.75, 3.05) is 12.4 Å². The molecule has 0 saturated carbocycles. The summed E-state index contributed by atoms with van der Waals surface area (Å²) in [7, 11) is 0. The van der Waals surface area contributed by atoms with Crippen LogP contribution in [0.15, 0.2) is 59.8 Å². The quantitative estimate of drug-likeness (QED) is 0.320. The molecule has 0 unspecified atom stereocenters. The lowest BCUT2D eigenvalue weighted by Gasteiger charge is -2.09. The largest absolute Gasteiger partial charge is 0.493 e. The van der Waals surface area contributed by atoms with E-state index in [2.05, 4.69) is 21.7 Å². The summed E-state index contributed by atoms with van der Waals surface area (Å²) in [6, 6.07) is 17.4. The number of thioether (sulfide) groups is 1. The fourth-order valence-electron chi connectivity index (χ4n) is 2.60. The first-order valence-corrected chi connectivity index (χ1v) is 9.60. The van der Waals surface area contributed by atoms with Crippen LogP contribution in [0.1, 0.15) is 23.7 Å². The number of hydrogen-bond donors (Lipinski definition) is 0. The van der Waals surface area contributed by atoms with Gasteiger partial charge in [-0.1, -0.05) is 54.2 Å². The van der Waals surface area contributed by atoms with Crippen LogP contribution in [0.3, 0.4) is 0 Å². The van der Waals surface area contributed by atoms with Gasteiger partial charge >= 0.3 is 0 Å². The molecule has 2 aromatic carbocycles. The molecule has 0 N–H and O–H groups in total. The predicted octanol–water partition coefficient (Wildman–Crippen LogP) is 4.34. The number of carbonyl (C=O) groups is 1. The van der Waals surface area contributed by atoms with Crippen molar-refractivity contribution in [2.24, 2.45) is 0 Å². The maximum Gasteiger partial charge on any atom is 0.191 e. The van der Waals surface area contributed by atoms with Gasteiger partial charge in [0.25, 0.3) is 0 Å². The van der Waals surface area contributed by atoms with Gasteiger partial charge in [0, 0.05) is 17.9 Å². The van der Waals surface area contributed by atoms with E-state index in [0.717, 1.165) is 41.5 Å². The number of carbonyl (C=O) groups excluding carboxylic acids is 1. The zero-order chi connectivity index (χ0) is 18.2. The van der Waals surface area contributed by atoms with E-state index >= 15 is 0 Å². The lowest BCUT2D eigenvalue weighted by atomic mass is 10.2. The highest BCUT2D eigenvalue weighted by atomic mass is 32.2. The SMILES string of the molecule is CCn1c(SCCCOc2ccccc2C=O)nnc1-c1ccccc1. The molecule has 0 atom stereocenters. The van der Waals surface area contributed by atoms with Crippen molar-refractivity contribution < 1.29 is 9.53 Å². The third-order valence-electron chi connectivity index (χ3n) is 3.89. The Morgan fingerprint density at radius 2 is 1.85 bits per heavy atom. The van der Waals surface area contributed by atoms with Crippen molar-refractivity contribution >= 4 is 18.0 Å². The van der Waals surface area contributed by atoms with Gasteiger partial charge in [-0.05, 0) is 25.5 Å². The first-order chi connectivity index (χ1) is 12.8. The molecule has 134 valence electrons. The van der Waals surface area contributed by atoms with E-state index in [4.69, 9.17) is 4.74 Å². The van der Waals surface area contributed by atoms with E-state index in [1.54, 1.807) is 17.8 Å². The highest BCUT2D eigenvalue weighted by Crippen LogP contribution is 2.24. The summed E-state index contributed by atoms with van der Waals surface area (Å²) in [4.78, 5) is 11.0. The van der Waals surface area contributed by atoms with Gasteiger partial charge in [-0.15, -0.1) is 10.2 Å². The van der Waals surface area contributed by atoms with Crippen LogP contribution < -0.4 is 4.74 Å². The average Bonchev–Trinajstić information content (AvgIpc) is 3.11. The lowest BCUT2D eigenvalue weighted by Crippen LogP contribution is -2.03. The number of rotatable bonds is 9. The van der Waals surface area contributed by atoms with Crippen molar-refractivity contribution in [3.8, 4) is 17.1 Å². The van der Waals surface area contributed by atoms with Crippen LogP contribution >= 0.6 is 11.8 Å². The lowest BCUT2D eigenvalue weighted by molar-refractivity contribution is 0.111. The van der Waals surface area contributed by atoms with Crippen molar-refractivity contribution in [3.63, 3.8) is 0 Å². The number of ether oxygens (including phenoxy) is 1. The van der Waals surface area contributed by atoms with Gasteiger partial charge in [-0.2, -0.15) is 0 Å². The van der Waals surface area contributed by atoms with Gasteiger partial charge in [0.1, 0.15) is 5.75 Å². The van der Waals surface area contributed by atoms with Crippen LogP contribution in [0.5, 0.6) is 5.75 Å². The van der Waals surface area contributed by atoms with Gasteiger partial charge in [-0.25, -0.2) is 0 Å². The number of nitrogens with zero attached hydrogens (tertiary/aromatic N) is 3. The molecular weight excluding hydrogens is 346 g/mol. The Labute approximate surface area is 157 Å². The fraction of sp³-hybridized carbons (Fsp3) is 0.250. The van der Waals surface area contributed by atoms with E-state index < -0.39 is 0 Å². The van der Waals surface area contributed by atoms with Gasteiger partial charge in [0.15, 0.2) is 17.3 Å². The molecule has 0 radical (unpaired) electrons. The van der Waals surface area contributed by atoms with Crippen LogP contribution in [-0.2, 0) is 6.54 Å². The molecule has 3 rings (SSSR count). The zero-order valence-electron chi connectivity index (χ0n) is 14.7. The molecular formula is C20H21N3O2S. The van der Waals surface area contributed by atoms with E-state index in [9.17, 15) is 4.79 Å². The van der Waals surface area contributed by atoms with Crippen LogP contribution in [-0.4, -0.2) is 33.4 Å². The Bertz CT molecular complexity index is 849. The molecule has 3 aromatic rings. The Balaban J connectivity index is 1.54. The maximum atomic E-state index is 11.0. The molecule has 0 fully saturated rings. The fourth-order valence-corrected chi connectivity index (χ4v) is 3.51. The topological polar surface area (TPSA) is 57.0 Å². The van der Waals surface area contributed by atoms with E-state index in [-0.39, 0.29) is 0 Å². The second kappa shape index (κ2) is 9.20. The zero-order valence-corrected chi connectivity index (χ0v) is 15.5. The Morgan fingerprint density at radius 1 is 1.08 bits per heavy atom. The standard InChI is InChI=1S/C20H21N3O2S/c1-2-23-19(16-9-4-3-5-10-16)21-22-20(23)26-14-8-13-25-18-12-7-6-11-17(18)15-24/h3-7,9-12,15H,2,8,13-14H2,1H3. The average molecular weight is 367 g/mol. The molecule has 0 saturated heterocycles. The smallest absolute Gasteiger partial charge is 0.191 e. The van der Waals surface area contributed by atoms with Crippen molar-refractivity contribution in [1.29, 1.82) is 0 Å². The Morgan fingerprint density at radius 3 is 2.62 bits per heavy atom. The molecule has 6 heteroatoms. The molecule has 5 nitrogen and oxygen atoms in total. The summed E-state index contributed by atoms with van der Waals surface area (Å²) in [6.07, 6.45) is 1.67. The summed E-state index contributed by atoms with van der Waals surface area (Å²) in [6.45, 7) is 3.48. The Kier molecular flexibility index (Phi) is 6.44. The first kappa shape index (κ1) is 18.2. The Hall–Kier alpha value is -2.60. The monoisotopic (exact) mass is 367 g/mol. The van der Waals surface area contributed by atoms with Crippen molar-refractivity contribution in [1.82, 2.24) is 14.8 Å². The number of benzene rings is 2. The van der Waals surface area contributed by atoms with E-state index in [0.29, 0.717) is 17.9 Å². The molecule has 0 aliphatic carbocycles. The highest BCUT2D eigenvalue weighted by Gasteiger charge is 2.12. The highest BCUT2D eigenvalue weighted by molar-refractivity contribution is 7.99. The minimum absolute atomic E-state index is 0.559. The summed E-state index contributed by atoms with van der Waals surface area (Å²) in [5.74, 6) is 2.40. The molecule has 0 aliphatic heterocycles. The molecule has 26 heavy (non-hydrogen) atoms. The van der Waals surface area contributed by atoms with Gasteiger partial charge in [-0.3, -0.25) is 4.79 Å². The van der Waals surface area contributed by atoms with Gasteiger partial charge in [0.05, 0.1) is 12.2 Å². The van der Waals surface area contributed by atoms with Crippen LogP contribution in [0.4, 0.5) is 0 Å². The third kappa shape index (κ3) is 4.32. The number of hydrogen-bond acceptors (Lipinski definition) is 5. The number of aldehydes is 1. The van der Waals surface area contributed by atoms with Crippen molar-refractivity contribution in [2.45, 2.75) is 25.0 Å². The minimum atomic E-state index is 0.559. The predicted molar refractivity (Wildman–Crippen MR) is 104 cm³/mol. The first-order valence-electron chi connectivity index (χ1n) is 8.62. The normalized spacial score (nSPS) is 10.7. The van der Waals surface area contributed by atoms with Gasteiger partial charge < -0.3 is 9.30 Å². The molecule has 0 amide bonds. The number of aromatic nitrogens is 3. The summed E-state index contributed by atoms with van der Waals surface area (Å²) >= 11 is 1.67. The van der Waals surface area contributed by atoms with Crippen LogP contribution in [0, 0.1) is 0 Å². The second-order valence-electron chi connectivity index (χ2n) is 5.62. The molecule has 0 aliphatic rings. The molecule has 1 heterocycles. The van der Waals surface area contributed by atoms with E-state index in [1.807, 2.05) is 48.5 Å². The van der Waals surface area contributed by atoms with Crippen molar-refractivity contribution in [3.05, 3.63) is 60.2 Å². The minimum Gasteiger partial charge on any atom is -0.493 e. The van der Waals surface area contributed by atoms with Gasteiger partial charge in [0.2, 0.25) is 0 Å². The maximum absolute atomic E-state index is 11.0. The second-order valence-corrected chi connectivity index (χ2v) is 6.68. The molecule has 1 aromatic heterocycles. The van der Waals surface area contributed by atoms with Crippen LogP contribution in [0.2, 0.25) is 0 Å². The van der Waals surface area contributed by atoms with Crippen LogP contribution in [0.25, 0.3) is 11.4 Å². The summed E-state index contributed by atoms with van der Waals surface area (Å²) in [5.41, 5.74) is 1.65.